The van der Waals surface area contributed by atoms with E-state index >= 15 is 0 Å². The molecule has 3 heterocycles. The summed E-state index contributed by atoms with van der Waals surface area (Å²) in [5.74, 6) is 5.18. The molecule has 8 nitrogen and oxygen atoms in total. The molecular formula is C14H16N4O4S. The van der Waals surface area contributed by atoms with Gasteiger partial charge in [0.05, 0.1) is 6.10 Å². The first-order valence-corrected chi connectivity index (χ1v) is 7.90. The minimum absolute atomic E-state index is 0.0499. The van der Waals surface area contributed by atoms with E-state index in [-0.39, 0.29) is 27.1 Å². The van der Waals surface area contributed by atoms with Crippen LogP contribution >= 0.6 is 11.3 Å². The lowest BCUT2D eigenvalue weighted by molar-refractivity contribution is -0.0474. The number of anilines is 1. The summed E-state index contributed by atoms with van der Waals surface area (Å²) < 4.78 is 7.37. The molecule has 0 aliphatic carbocycles. The van der Waals surface area contributed by atoms with E-state index < -0.39 is 24.0 Å². The van der Waals surface area contributed by atoms with Crippen LogP contribution in [0.5, 0.6) is 0 Å². The number of ether oxygens (including phenoxy) is 1. The summed E-state index contributed by atoms with van der Waals surface area (Å²) >= 11 is 0.798. The zero-order chi connectivity index (χ0) is 16.7. The minimum Gasteiger partial charge on any atom is -0.378 e. The molecule has 0 amide bonds. The molecule has 1 aliphatic heterocycles. The summed E-state index contributed by atoms with van der Waals surface area (Å²) in [6, 6.07) is 0. The Morgan fingerprint density at radius 1 is 1.57 bits per heavy atom. The van der Waals surface area contributed by atoms with Gasteiger partial charge in [-0.25, -0.2) is 0 Å². The third-order valence-corrected chi connectivity index (χ3v) is 4.74. The van der Waals surface area contributed by atoms with Gasteiger partial charge in [-0.3, -0.25) is 19.1 Å². The van der Waals surface area contributed by atoms with Crippen molar-refractivity contribution in [1.82, 2.24) is 14.5 Å². The smallest absolute Gasteiger partial charge is 0.311 e. The van der Waals surface area contributed by atoms with Crippen LogP contribution in [0.15, 0.2) is 9.59 Å². The second-order valence-electron chi connectivity index (χ2n) is 5.46. The summed E-state index contributed by atoms with van der Waals surface area (Å²) in [7, 11) is 0. The maximum Gasteiger partial charge on any atom is 0.311 e. The standard InChI is InChI=1S/C14H16N4O4S/c1-3-4-7(19)8-5-6(2)12(22-8)18-10-9(23-14(18)21)11(20)17-13(15)16-10/h6-8,12,19H,5H2,1-2H3,(H3,15,16,17,20)/t6-,7?,8+,12-/m1/s1. The van der Waals surface area contributed by atoms with E-state index in [1.165, 1.54) is 4.57 Å². The molecule has 1 saturated heterocycles. The first-order valence-electron chi connectivity index (χ1n) is 7.09. The molecule has 4 atom stereocenters. The fourth-order valence-electron chi connectivity index (χ4n) is 2.78. The molecule has 0 bridgehead atoms. The number of nitrogens with two attached hydrogens (primary N) is 1. The van der Waals surface area contributed by atoms with Crippen molar-refractivity contribution in [2.45, 2.75) is 38.7 Å². The van der Waals surface area contributed by atoms with Crippen LogP contribution in [-0.2, 0) is 4.74 Å². The van der Waals surface area contributed by atoms with Crippen molar-refractivity contribution in [2.24, 2.45) is 5.92 Å². The molecule has 2 aromatic rings. The summed E-state index contributed by atoms with van der Waals surface area (Å²) in [4.78, 5) is 30.3. The molecule has 0 saturated carbocycles. The van der Waals surface area contributed by atoms with Crippen molar-refractivity contribution < 1.29 is 9.84 Å². The number of rotatable bonds is 2. The Balaban J connectivity index is 2.07. The number of aliphatic hydroxyl groups excluding tert-OH is 1. The number of nitrogens with one attached hydrogen (secondary N) is 1. The van der Waals surface area contributed by atoms with Crippen LogP contribution in [-0.4, -0.2) is 31.8 Å². The highest BCUT2D eigenvalue weighted by Crippen LogP contribution is 2.36. The molecule has 1 fully saturated rings. The molecule has 3 rings (SSSR count). The Labute approximate surface area is 134 Å². The highest BCUT2D eigenvalue weighted by molar-refractivity contribution is 7.16. The Morgan fingerprint density at radius 2 is 2.30 bits per heavy atom. The predicted molar refractivity (Wildman–Crippen MR) is 86.1 cm³/mol. The van der Waals surface area contributed by atoms with Crippen LogP contribution in [0.3, 0.4) is 0 Å². The Kier molecular flexibility index (Phi) is 3.97. The van der Waals surface area contributed by atoms with E-state index in [2.05, 4.69) is 21.8 Å². The van der Waals surface area contributed by atoms with E-state index in [4.69, 9.17) is 10.5 Å². The van der Waals surface area contributed by atoms with Crippen LogP contribution in [0.1, 0.15) is 26.5 Å². The van der Waals surface area contributed by atoms with Crippen LogP contribution in [0, 0.1) is 17.8 Å². The summed E-state index contributed by atoms with van der Waals surface area (Å²) in [6.07, 6.45) is -1.50. The van der Waals surface area contributed by atoms with Gasteiger partial charge in [0, 0.05) is 5.92 Å². The van der Waals surface area contributed by atoms with Crippen LogP contribution in [0.4, 0.5) is 5.95 Å². The number of fused-ring (bicyclic) bond motifs is 1. The van der Waals surface area contributed by atoms with E-state index in [0.717, 1.165) is 11.3 Å². The van der Waals surface area contributed by atoms with Gasteiger partial charge >= 0.3 is 4.87 Å². The van der Waals surface area contributed by atoms with Crippen LogP contribution in [0.2, 0.25) is 0 Å². The number of thiazole rings is 1. The summed E-state index contributed by atoms with van der Waals surface area (Å²) in [5.41, 5.74) is 5.33. The van der Waals surface area contributed by atoms with Gasteiger partial charge in [0.15, 0.2) is 5.65 Å². The van der Waals surface area contributed by atoms with Gasteiger partial charge in [-0.15, -0.1) is 5.92 Å². The SMILES string of the molecule is CC#CC(O)[C@@H]1C[C@@H](C)[C@H](n2c(=O)sc3c(=O)[nH]c(N)nc32)O1. The minimum atomic E-state index is -0.922. The lowest BCUT2D eigenvalue weighted by Gasteiger charge is -2.17. The lowest BCUT2D eigenvalue weighted by atomic mass is 10.0. The van der Waals surface area contributed by atoms with Crippen molar-refractivity contribution >= 4 is 27.6 Å². The molecule has 4 N–H and O–H groups in total. The molecule has 0 spiro atoms. The highest BCUT2D eigenvalue weighted by Gasteiger charge is 2.38. The van der Waals surface area contributed by atoms with Crippen molar-refractivity contribution in [3.05, 3.63) is 20.0 Å². The summed E-state index contributed by atoms with van der Waals surface area (Å²) in [6.45, 7) is 3.54. The number of H-pyrrole nitrogens is 1. The van der Waals surface area contributed by atoms with Crippen LogP contribution in [0.25, 0.3) is 10.3 Å². The second-order valence-corrected chi connectivity index (χ2v) is 6.42. The quantitative estimate of drug-likeness (QED) is 0.665. The number of nitrogen functional groups attached to an aromatic ring is 1. The molecule has 1 aliphatic rings. The van der Waals surface area contributed by atoms with Crippen molar-refractivity contribution in [3.8, 4) is 11.8 Å². The number of hydrogen-bond donors (Lipinski definition) is 3. The van der Waals surface area contributed by atoms with Gasteiger partial charge in [0.1, 0.15) is 17.0 Å². The third kappa shape index (κ3) is 2.65. The molecule has 23 heavy (non-hydrogen) atoms. The van der Waals surface area contributed by atoms with Gasteiger partial charge in [-0.1, -0.05) is 24.2 Å². The second kappa shape index (κ2) is 5.81. The van der Waals surface area contributed by atoms with Gasteiger partial charge in [-0.2, -0.15) is 4.98 Å². The number of aliphatic hydroxyl groups is 1. The Morgan fingerprint density at radius 3 is 3.00 bits per heavy atom. The van der Waals surface area contributed by atoms with Crippen molar-refractivity contribution in [3.63, 3.8) is 0 Å². The maximum absolute atomic E-state index is 12.3. The predicted octanol–water partition coefficient (Wildman–Crippen LogP) is 0.0363. The molecule has 0 aromatic carbocycles. The molecule has 1 unspecified atom stereocenters. The first-order chi connectivity index (χ1) is 10.9. The largest absolute Gasteiger partial charge is 0.378 e. The molecular weight excluding hydrogens is 320 g/mol. The summed E-state index contributed by atoms with van der Waals surface area (Å²) in [5, 5.41) is 9.98. The van der Waals surface area contributed by atoms with Crippen molar-refractivity contribution in [2.75, 3.05) is 5.73 Å². The molecule has 2 aromatic heterocycles. The monoisotopic (exact) mass is 336 g/mol. The Bertz CT molecular complexity index is 919. The van der Waals surface area contributed by atoms with E-state index in [1.807, 2.05) is 6.92 Å². The highest BCUT2D eigenvalue weighted by atomic mass is 32.1. The van der Waals surface area contributed by atoms with Gasteiger partial charge in [-0.05, 0) is 13.3 Å². The van der Waals surface area contributed by atoms with Crippen LogP contribution < -0.4 is 16.2 Å². The first kappa shape index (κ1) is 15.7. The zero-order valence-electron chi connectivity index (χ0n) is 12.6. The normalized spacial score (nSPS) is 25.3. The lowest BCUT2D eigenvalue weighted by Crippen LogP contribution is -2.27. The molecule has 9 heteroatoms. The van der Waals surface area contributed by atoms with Gasteiger partial charge in [0.2, 0.25) is 5.95 Å². The van der Waals surface area contributed by atoms with E-state index in [1.54, 1.807) is 6.92 Å². The Hall–Kier alpha value is -2.15. The number of hydrogen-bond acceptors (Lipinski definition) is 7. The number of nitrogens with zero attached hydrogens (tertiary/aromatic N) is 2. The number of aromatic nitrogens is 3. The average Bonchev–Trinajstić information content (AvgIpc) is 2.99. The fraction of sp³-hybridized carbons (Fsp3) is 0.500. The zero-order valence-corrected chi connectivity index (χ0v) is 13.4. The van der Waals surface area contributed by atoms with E-state index in [9.17, 15) is 14.7 Å². The van der Waals surface area contributed by atoms with Gasteiger partial charge < -0.3 is 15.6 Å². The number of aromatic amines is 1. The van der Waals surface area contributed by atoms with Gasteiger partial charge in [0.25, 0.3) is 5.56 Å². The fourth-order valence-corrected chi connectivity index (χ4v) is 3.62. The topological polar surface area (TPSA) is 123 Å². The van der Waals surface area contributed by atoms with E-state index in [0.29, 0.717) is 6.42 Å². The average molecular weight is 336 g/mol. The molecule has 0 radical (unpaired) electrons. The third-order valence-electron chi connectivity index (χ3n) is 3.80. The maximum atomic E-state index is 12.3. The van der Waals surface area contributed by atoms with Crippen molar-refractivity contribution in [1.29, 1.82) is 0 Å². The molecule has 122 valence electrons.